The van der Waals surface area contributed by atoms with Crippen LogP contribution in [0.3, 0.4) is 0 Å². The Hall–Kier alpha value is -4.21. The van der Waals surface area contributed by atoms with Crippen LogP contribution in [0.1, 0.15) is 39.2 Å². The van der Waals surface area contributed by atoms with Crippen LogP contribution in [0.5, 0.6) is 0 Å². The summed E-state index contributed by atoms with van der Waals surface area (Å²) in [5.74, 6) is -0.243. The van der Waals surface area contributed by atoms with Crippen molar-refractivity contribution in [3.63, 3.8) is 0 Å². The van der Waals surface area contributed by atoms with Crippen LogP contribution < -0.4 is 10.7 Å². The van der Waals surface area contributed by atoms with Gasteiger partial charge in [0.2, 0.25) is 5.43 Å². The molecule has 34 heavy (non-hydrogen) atoms. The number of hydrogen-bond acceptors (Lipinski definition) is 4. The van der Waals surface area contributed by atoms with Gasteiger partial charge in [0.25, 0.3) is 5.91 Å². The lowest BCUT2D eigenvalue weighted by atomic mass is 10.1. The van der Waals surface area contributed by atoms with E-state index in [1.807, 2.05) is 30.3 Å². The third-order valence-electron chi connectivity index (χ3n) is 5.27. The van der Waals surface area contributed by atoms with Gasteiger partial charge < -0.3 is 9.88 Å². The van der Waals surface area contributed by atoms with Gasteiger partial charge in [-0.25, -0.2) is 9.67 Å². The number of imidazole rings is 1. The lowest BCUT2D eigenvalue weighted by Gasteiger charge is -2.19. The van der Waals surface area contributed by atoms with E-state index in [1.54, 1.807) is 24.0 Å². The first-order chi connectivity index (χ1) is 16.1. The first-order valence-electron chi connectivity index (χ1n) is 10.3. The molecule has 4 rings (SSSR count). The molecule has 174 valence electrons. The Morgan fingerprint density at radius 2 is 1.79 bits per heavy atom. The van der Waals surface area contributed by atoms with Gasteiger partial charge in [-0.15, -0.1) is 0 Å². The molecule has 0 fully saturated rings. The standard InChI is InChI=1S/C24H20F3N5O2/c1-15-13-19(33)21(30-32(15)18-10-6-9-17(14-18)24(25,26)27)23(34)29-20(16-7-4-3-5-8-16)22-28-11-12-31(22)2/h3-14,20H,1-2H3,(H,29,34)/t20-/m0/s1. The second-order valence-electron chi connectivity index (χ2n) is 7.67. The number of alkyl halides is 3. The maximum Gasteiger partial charge on any atom is 0.416 e. The molecule has 0 saturated carbocycles. The van der Waals surface area contributed by atoms with Crippen molar-refractivity contribution in [2.24, 2.45) is 7.05 Å². The fourth-order valence-electron chi connectivity index (χ4n) is 3.58. The quantitative estimate of drug-likeness (QED) is 0.484. The highest BCUT2D eigenvalue weighted by Gasteiger charge is 2.31. The third-order valence-corrected chi connectivity index (χ3v) is 5.27. The summed E-state index contributed by atoms with van der Waals surface area (Å²) in [5.41, 5.74) is -0.872. The fraction of sp³-hybridized carbons (Fsp3) is 0.167. The van der Waals surface area contributed by atoms with Crippen LogP contribution in [0.15, 0.2) is 77.9 Å². The van der Waals surface area contributed by atoms with E-state index >= 15 is 0 Å². The second-order valence-corrected chi connectivity index (χ2v) is 7.67. The minimum absolute atomic E-state index is 0.0742. The number of hydrogen-bond donors (Lipinski definition) is 1. The topological polar surface area (TPSA) is 81.8 Å². The van der Waals surface area contributed by atoms with Gasteiger partial charge in [-0.05, 0) is 30.7 Å². The summed E-state index contributed by atoms with van der Waals surface area (Å²) in [6, 6.07) is 14.1. The molecule has 0 unspecified atom stereocenters. The zero-order chi connectivity index (χ0) is 24.5. The van der Waals surface area contributed by atoms with Gasteiger partial charge in [0.05, 0.1) is 11.3 Å². The molecular formula is C24H20F3N5O2. The number of benzene rings is 2. The minimum atomic E-state index is -4.55. The van der Waals surface area contributed by atoms with E-state index < -0.39 is 34.8 Å². The third kappa shape index (κ3) is 4.61. The molecule has 2 aromatic heterocycles. The Labute approximate surface area is 192 Å². The zero-order valence-corrected chi connectivity index (χ0v) is 18.2. The summed E-state index contributed by atoms with van der Waals surface area (Å²) in [5, 5.41) is 6.90. The molecule has 7 nitrogen and oxygen atoms in total. The van der Waals surface area contributed by atoms with Crippen LogP contribution in [0, 0.1) is 6.92 Å². The van der Waals surface area contributed by atoms with Crippen molar-refractivity contribution < 1.29 is 18.0 Å². The number of aryl methyl sites for hydroxylation is 2. The number of carbonyl (C=O) groups excluding carboxylic acids is 1. The molecule has 0 spiro atoms. The average Bonchev–Trinajstić information content (AvgIpc) is 3.23. The summed E-state index contributed by atoms with van der Waals surface area (Å²) >= 11 is 0. The number of rotatable bonds is 5. The molecule has 2 heterocycles. The van der Waals surface area contributed by atoms with Crippen molar-refractivity contribution >= 4 is 5.91 Å². The molecule has 4 aromatic rings. The molecule has 0 radical (unpaired) electrons. The lowest BCUT2D eigenvalue weighted by molar-refractivity contribution is -0.137. The van der Waals surface area contributed by atoms with Gasteiger partial charge in [0.1, 0.15) is 11.9 Å². The lowest BCUT2D eigenvalue weighted by Crippen LogP contribution is -2.36. The first kappa shape index (κ1) is 23.0. The maximum absolute atomic E-state index is 13.2. The van der Waals surface area contributed by atoms with Crippen LogP contribution in [-0.2, 0) is 13.2 Å². The van der Waals surface area contributed by atoms with Crippen molar-refractivity contribution in [3.8, 4) is 5.69 Å². The number of halogens is 3. The highest BCUT2D eigenvalue weighted by atomic mass is 19.4. The van der Waals surface area contributed by atoms with E-state index in [4.69, 9.17) is 0 Å². The molecule has 10 heteroatoms. The molecular weight excluding hydrogens is 447 g/mol. The largest absolute Gasteiger partial charge is 0.416 e. The van der Waals surface area contributed by atoms with Gasteiger partial charge >= 0.3 is 6.18 Å². The summed E-state index contributed by atoms with van der Waals surface area (Å²) < 4.78 is 42.4. The molecule has 0 aliphatic carbocycles. The van der Waals surface area contributed by atoms with Gasteiger partial charge in [0, 0.05) is 31.2 Å². The van der Waals surface area contributed by atoms with Crippen molar-refractivity contribution in [2.45, 2.75) is 19.1 Å². The van der Waals surface area contributed by atoms with Crippen LogP contribution in [0.2, 0.25) is 0 Å². The highest BCUT2D eigenvalue weighted by molar-refractivity contribution is 5.92. The Morgan fingerprint density at radius 3 is 2.44 bits per heavy atom. The molecule has 0 bridgehead atoms. The van der Waals surface area contributed by atoms with E-state index in [1.165, 1.54) is 25.1 Å². The van der Waals surface area contributed by atoms with Crippen molar-refractivity contribution in [1.29, 1.82) is 0 Å². The van der Waals surface area contributed by atoms with E-state index in [0.29, 0.717) is 5.82 Å². The SMILES string of the molecule is Cc1cc(=O)c(C(=O)N[C@@H](c2ccccc2)c2nccn2C)nn1-c1cccc(C(F)(F)F)c1. The number of nitrogens with one attached hydrogen (secondary N) is 1. The van der Waals surface area contributed by atoms with E-state index in [9.17, 15) is 22.8 Å². The van der Waals surface area contributed by atoms with Gasteiger partial charge in [-0.2, -0.15) is 18.3 Å². The van der Waals surface area contributed by atoms with Crippen molar-refractivity contribution in [2.75, 3.05) is 0 Å². The predicted molar refractivity (Wildman–Crippen MR) is 119 cm³/mol. The van der Waals surface area contributed by atoms with Gasteiger partial charge in [-0.1, -0.05) is 36.4 Å². The molecule has 1 atom stereocenters. The molecule has 1 N–H and O–H groups in total. The summed E-state index contributed by atoms with van der Waals surface area (Å²) in [6.45, 7) is 1.52. The van der Waals surface area contributed by atoms with E-state index in [0.717, 1.165) is 22.4 Å². The predicted octanol–water partition coefficient (Wildman–Crippen LogP) is 3.81. The van der Waals surface area contributed by atoms with Crippen LogP contribution in [-0.4, -0.2) is 25.2 Å². The van der Waals surface area contributed by atoms with Crippen molar-refractivity contribution in [3.05, 3.63) is 112 Å². The van der Waals surface area contributed by atoms with Gasteiger partial charge in [0.15, 0.2) is 5.69 Å². The van der Waals surface area contributed by atoms with Crippen molar-refractivity contribution in [1.82, 2.24) is 24.6 Å². The Balaban J connectivity index is 1.74. The summed E-state index contributed by atoms with van der Waals surface area (Å²) in [4.78, 5) is 30.1. The fourth-order valence-corrected chi connectivity index (χ4v) is 3.58. The van der Waals surface area contributed by atoms with Crippen LogP contribution >= 0.6 is 0 Å². The molecule has 1 amide bonds. The highest BCUT2D eigenvalue weighted by Crippen LogP contribution is 2.30. The first-order valence-corrected chi connectivity index (χ1v) is 10.3. The zero-order valence-electron chi connectivity index (χ0n) is 18.2. The second kappa shape index (κ2) is 8.97. The van der Waals surface area contributed by atoms with Gasteiger partial charge in [-0.3, -0.25) is 9.59 Å². The molecule has 0 aliphatic rings. The Morgan fingerprint density at radius 1 is 1.06 bits per heavy atom. The smallest absolute Gasteiger partial charge is 0.336 e. The number of nitrogens with zero attached hydrogens (tertiary/aromatic N) is 4. The summed E-state index contributed by atoms with van der Waals surface area (Å²) in [6.07, 6.45) is -1.24. The normalized spacial score (nSPS) is 12.4. The average molecular weight is 467 g/mol. The number of carbonyl (C=O) groups is 1. The number of amides is 1. The Bertz CT molecular complexity index is 1390. The molecule has 0 aliphatic heterocycles. The van der Waals surface area contributed by atoms with Crippen LogP contribution in [0.4, 0.5) is 13.2 Å². The summed E-state index contributed by atoms with van der Waals surface area (Å²) in [7, 11) is 1.77. The minimum Gasteiger partial charge on any atom is -0.336 e. The number of aromatic nitrogens is 4. The van der Waals surface area contributed by atoms with E-state index in [2.05, 4.69) is 15.4 Å². The Kier molecular flexibility index (Phi) is 6.06. The maximum atomic E-state index is 13.2. The van der Waals surface area contributed by atoms with E-state index in [-0.39, 0.29) is 11.4 Å². The monoisotopic (exact) mass is 467 g/mol. The molecule has 2 aromatic carbocycles. The molecule has 0 saturated heterocycles. The van der Waals surface area contributed by atoms with Crippen LogP contribution in [0.25, 0.3) is 5.69 Å².